The van der Waals surface area contributed by atoms with Gasteiger partial charge < -0.3 is 15.4 Å². The first-order valence-electron chi connectivity index (χ1n) is 9.05. The van der Waals surface area contributed by atoms with Crippen LogP contribution in [0.15, 0.2) is 18.2 Å². The molecule has 0 saturated heterocycles. The number of hydrogen-bond donors (Lipinski definition) is 2. The molecule has 5 nitrogen and oxygen atoms in total. The maximum atomic E-state index is 13.9. The minimum atomic E-state index is -6.48. The van der Waals surface area contributed by atoms with Gasteiger partial charge in [0.1, 0.15) is 10.8 Å². The van der Waals surface area contributed by atoms with Gasteiger partial charge >= 0.3 is 18.0 Å². The van der Waals surface area contributed by atoms with Crippen LogP contribution in [0.25, 0.3) is 0 Å². The Labute approximate surface area is 186 Å². The number of ether oxygens (including phenoxy) is 1. The number of nitrogens with one attached hydrogen (secondary N) is 2. The summed E-state index contributed by atoms with van der Waals surface area (Å²) in [6.45, 7) is 3.31. The Morgan fingerprint density at radius 2 is 1.94 bits per heavy atom. The fourth-order valence-electron chi connectivity index (χ4n) is 2.83. The molecule has 1 aliphatic heterocycles. The van der Waals surface area contributed by atoms with E-state index in [9.17, 15) is 35.5 Å². The molecule has 1 aliphatic rings. The number of nitrogens with zero attached hydrogens (tertiary/aromatic N) is 1. The number of benzene rings is 1. The van der Waals surface area contributed by atoms with Gasteiger partial charge in [-0.25, -0.2) is 0 Å². The summed E-state index contributed by atoms with van der Waals surface area (Å²) in [5.41, 5.74) is 0.607. The lowest BCUT2D eigenvalue weighted by Crippen LogP contribution is -2.60. The first kappa shape index (κ1) is 24.4. The third kappa shape index (κ3) is 4.07. The highest BCUT2D eigenvalue weighted by Crippen LogP contribution is 2.51. The molecule has 32 heavy (non-hydrogen) atoms. The Kier molecular flexibility index (Phi) is 6.28. The molecule has 1 aromatic carbocycles. The molecule has 1 amide bonds. The highest BCUT2D eigenvalue weighted by atomic mass is 35.5. The molecule has 2 heterocycles. The van der Waals surface area contributed by atoms with Crippen LogP contribution in [-0.2, 0) is 11.2 Å². The van der Waals surface area contributed by atoms with Gasteiger partial charge in [0.25, 0.3) is 0 Å². The summed E-state index contributed by atoms with van der Waals surface area (Å²) < 4.78 is 100. The number of aromatic nitrogens is 1. The van der Waals surface area contributed by atoms with E-state index < -0.39 is 36.1 Å². The van der Waals surface area contributed by atoms with Crippen LogP contribution in [0.3, 0.4) is 0 Å². The quantitative estimate of drug-likeness (QED) is 0.468. The number of hydrogen-bond acceptors (Lipinski definition) is 5. The fraction of sp³-hybridized carbons (Fsp3) is 0.444. The zero-order valence-corrected chi connectivity index (χ0v) is 17.9. The van der Waals surface area contributed by atoms with Gasteiger partial charge in [-0.1, -0.05) is 24.6 Å². The van der Waals surface area contributed by atoms with Crippen LogP contribution < -0.4 is 15.4 Å². The molecule has 2 atom stereocenters. The molecule has 0 fully saturated rings. The number of carbonyl (C=O) groups is 1. The van der Waals surface area contributed by atoms with Gasteiger partial charge in [-0.15, -0.1) is 0 Å². The minimum Gasteiger partial charge on any atom is -0.462 e. The van der Waals surface area contributed by atoms with E-state index in [-0.39, 0.29) is 22.0 Å². The van der Waals surface area contributed by atoms with Crippen molar-refractivity contribution in [3.8, 4) is 5.75 Å². The Balaban J connectivity index is 1.77. The summed E-state index contributed by atoms with van der Waals surface area (Å²) in [6.07, 6.45) is -8.89. The molecule has 0 bridgehead atoms. The lowest BCUT2D eigenvalue weighted by molar-refractivity contribution is -0.365. The van der Waals surface area contributed by atoms with Crippen molar-refractivity contribution in [1.82, 2.24) is 4.37 Å². The third-order valence-electron chi connectivity index (χ3n) is 4.80. The van der Waals surface area contributed by atoms with E-state index in [1.54, 1.807) is 0 Å². The number of anilines is 2. The second-order valence-corrected chi connectivity index (χ2v) is 8.08. The van der Waals surface area contributed by atoms with Gasteiger partial charge in [0, 0.05) is 0 Å². The smallest absolute Gasteiger partial charge is 0.460 e. The van der Waals surface area contributed by atoms with Crippen LogP contribution in [0.5, 0.6) is 5.75 Å². The Morgan fingerprint density at radius 3 is 2.50 bits per heavy atom. The minimum absolute atomic E-state index is 0.256. The summed E-state index contributed by atoms with van der Waals surface area (Å²) in [5, 5.41) is 5.04. The molecule has 2 N–H and O–H groups in total. The topological polar surface area (TPSA) is 63.2 Å². The number of amides is 1. The van der Waals surface area contributed by atoms with Crippen LogP contribution in [0.4, 0.5) is 41.4 Å². The van der Waals surface area contributed by atoms with Crippen molar-refractivity contribution in [3.63, 3.8) is 0 Å². The van der Waals surface area contributed by atoms with Crippen LogP contribution in [0.1, 0.15) is 31.0 Å². The monoisotopic (exact) mass is 505 g/mol. The third-order valence-corrected chi connectivity index (χ3v) is 6.12. The molecular formula is C18H15ClF7N3O2S. The lowest BCUT2D eigenvalue weighted by Gasteiger charge is -2.31. The van der Waals surface area contributed by atoms with Crippen molar-refractivity contribution in [2.24, 2.45) is 0 Å². The molecule has 3 rings (SSSR count). The van der Waals surface area contributed by atoms with Crippen LogP contribution in [0, 0.1) is 0 Å². The summed E-state index contributed by atoms with van der Waals surface area (Å²) in [4.78, 5) is 12.5. The average molecular weight is 506 g/mol. The predicted molar refractivity (Wildman–Crippen MR) is 104 cm³/mol. The SMILES string of the molecule is CCc1nsc(NC(=O)C(C)c2ccc3c(c2)NC(C(F)(F)C(F)(F)C(F)(F)F)O3)c1Cl. The van der Waals surface area contributed by atoms with Gasteiger partial charge in [-0.05, 0) is 42.6 Å². The molecule has 0 radical (unpaired) electrons. The maximum Gasteiger partial charge on any atom is 0.460 e. The van der Waals surface area contributed by atoms with Gasteiger partial charge in [-0.2, -0.15) is 35.1 Å². The van der Waals surface area contributed by atoms with Crippen molar-refractivity contribution >= 4 is 39.7 Å². The van der Waals surface area contributed by atoms with Gasteiger partial charge in [-0.3, -0.25) is 4.79 Å². The summed E-state index contributed by atoms with van der Waals surface area (Å²) in [7, 11) is 0. The van der Waals surface area contributed by atoms with Crippen molar-refractivity contribution in [2.45, 2.75) is 50.4 Å². The largest absolute Gasteiger partial charge is 0.462 e. The van der Waals surface area contributed by atoms with E-state index in [4.69, 9.17) is 11.6 Å². The Hall–Kier alpha value is -2.28. The molecule has 14 heteroatoms. The van der Waals surface area contributed by atoms with E-state index in [1.165, 1.54) is 13.0 Å². The number of aryl methyl sites for hydroxylation is 1. The highest BCUT2D eigenvalue weighted by Gasteiger charge is 2.77. The molecule has 176 valence electrons. The van der Waals surface area contributed by atoms with Crippen molar-refractivity contribution in [1.29, 1.82) is 0 Å². The average Bonchev–Trinajstić information content (AvgIpc) is 3.29. The van der Waals surface area contributed by atoms with Crippen molar-refractivity contribution in [3.05, 3.63) is 34.5 Å². The molecular weight excluding hydrogens is 491 g/mol. The normalized spacial score (nSPS) is 17.4. The summed E-state index contributed by atoms with van der Waals surface area (Å²) in [5.74, 6) is -13.7. The Morgan fingerprint density at radius 1 is 1.28 bits per heavy atom. The molecule has 0 saturated carbocycles. The summed E-state index contributed by atoms with van der Waals surface area (Å²) >= 11 is 7.09. The highest BCUT2D eigenvalue weighted by molar-refractivity contribution is 7.11. The van der Waals surface area contributed by atoms with Gasteiger partial charge in [0.2, 0.25) is 12.1 Å². The number of halogens is 8. The molecule has 2 unspecified atom stereocenters. The van der Waals surface area contributed by atoms with Gasteiger partial charge in [0.05, 0.1) is 22.3 Å². The van der Waals surface area contributed by atoms with Crippen LogP contribution >= 0.6 is 23.1 Å². The second kappa shape index (κ2) is 8.25. The predicted octanol–water partition coefficient (Wildman–Crippen LogP) is 6.06. The fourth-order valence-corrected chi connectivity index (χ4v) is 3.97. The Bertz CT molecular complexity index is 1030. The maximum absolute atomic E-state index is 13.9. The van der Waals surface area contributed by atoms with Crippen LogP contribution in [0.2, 0.25) is 5.02 Å². The molecule has 0 spiro atoms. The number of carbonyl (C=O) groups excluding carboxylic acids is 1. The van der Waals surface area contributed by atoms with Crippen LogP contribution in [-0.4, -0.2) is 34.5 Å². The molecule has 0 aliphatic carbocycles. The van der Waals surface area contributed by atoms with E-state index >= 15 is 0 Å². The van der Waals surface area contributed by atoms with Gasteiger partial charge in [0.15, 0.2) is 0 Å². The van der Waals surface area contributed by atoms with Crippen molar-refractivity contribution in [2.75, 3.05) is 10.6 Å². The van der Waals surface area contributed by atoms with E-state index in [0.717, 1.165) is 23.7 Å². The van der Waals surface area contributed by atoms with Crippen molar-refractivity contribution < 1.29 is 40.3 Å². The zero-order valence-electron chi connectivity index (χ0n) is 16.3. The van der Waals surface area contributed by atoms with E-state index in [1.807, 2.05) is 12.2 Å². The van der Waals surface area contributed by atoms with E-state index in [2.05, 4.69) is 14.4 Å². The second-order valence-electron chi connectivity index (χ2n) is 6.93. The lowest BCUT2D eigenvalue weighted by atomic mass is 9.99. The molecule has 1 aromatic heterocycles. The zero-order chi connectivity index (χ0) is 24.1. The first-order chi connectivity index (χ1) is 14.7. The number of fused-ring (bicyclic) bond motifs is 1. The number of rotatable bonds is 6. The standard InChI is InChI=1S/C18H15ClF7N3O2S/c1-3-9-12(19)14(32-29-9)28-13(30)7(2)8-4-5-11-10(6-8)27-15(31-11)16(20,21)17(22,23)18(24,25)26/h4-7,15,27H,3H2,1-2H3,(H,28,30). The number of alkyl halides is 7. The molecule has 2 aromatic rings. The summed E-state index contributed by atoms with van der Waals surface area (Å²) in [6, 6.07) is 3.56. The van der Waals surface area contributed by atoms with E-state index in [0.29, 0.717) is 17.1 Å². The first-order valence-corrected chi connectivity index (χ1v) is 10.2.